The molecule has 0 radical (unpaired) electrons. The van der Waals surface area contributed by atoms with Crippen LogP contribution in [0.15, 0.2) is 4.99 Å². The van der Waals surface area contributed by atoms with E-state index >= 15 is 0 Å². The summed E-state index contributed by atoms with van der Waals surface area (Å²) in [6, 6.07) is 0. The average molecular weight is 210 g/mol. The first kappa shape index (κ1) is 10.6. The first-order valence-corrected chi connectivity index (χ1v) is 5.47. The molecule has 1 N–H and O–H groups in total. The summed E-state index contributed by atoms with van der Waals surface area (Å²) in [5.74, 6) is 0.707. The Morgan fingerprint density at radius 3 is 2.33 bits per heavy atom. The Morgan fingerprint density at radius 2 is 1.93 bits per heavy atom. The molecule has 0 aromatic carbocycles. The van der Waals surface area contributed by atoms with Crippen molar-refractivity contribution in [1.29, 1.82) is 0 Å². The number of ether oxygens (including phenoxy) is 1. The van der Waals surface area contributed by atoms with Gasteiger partial charge in [-0.1, -0.05) is 0 Å². The molecule has 0 bridgehead atoms. The van der Waals surface area contributed by atoms with Crippen LogP contribution in [-0.2, 0) is 9.53 Å². The van der Waals surface area contributed by atoms with Crippen molar-refractivity contribution >= 4 is 11.7 Å². The Labute approximate surface area is 90.1 Å². The fourth-order valence-electron chi connectivity index (χ4n) is 2.32. The molecule has 0 unspecified atom stereocenters. The predicted molar refractivity (Wildman–Crippen MR) is 57.9 cm³/mol. The fourth-order valence-corrected chi connectivity index (χ4v) is 2.32. The summed E-state index contributed by atoms with van der Waals surface area (Å²) in [6.45, 7) is 3.65. The van der Waals surface area contributed by atoms with E-state index in [1.54, 1.807) is 7.11 Å². The van der Waals surface area contributed by atoms with Gasteiger partial charge in [0.25, 0.3) is 5.91 Å². The number of carbonyl (C=O) groups is 1. The molecule has 1 saturated carbocycles. The number of aliphatic imine (C=N–C) groups is 1. The molecule has 0 aromatic heterocycles. The second-order valence-corrected chi connectivity index (χ2v) is 4.88. The molecule has 1 fully saturated rings. The number of rotatable bonds is 2. The Kier molecular flexibility index (Phi) is 2.34. The van der Waals surface area contributed by atoms with Crippen molar-refractivity contribution in [3.8, 4) is 0 Å². The molecule has 4 heteroatoms. The lowest BCUT2D eigenvalue weighted by Crippen LogP contribution is -2.46. The van der Waals surface area contributed by atoms with E-state index in [0.29, 0.717) is 0 Å². The SMILES string of the molecule is COC1(C2=NC(C)(C)C(=O)N2)CCCC1. The van der Waals surface area contributed by atoms with Crippen LogP contribution in [0.1, 0.15) is 39.5 Å². The lowest BCUT2D eigenvalue weighted by molar-refractivity contribution is -0.122. The van der Waals surface area contributed by atoms with Crippen LogP contribution in [0.3, 0.4) is 0 Å². The molecule has 4 nitrogen and oxygen atoms in total. The van der Waals surface area contributed by atoms with Gasteiger partial charge in [0.15, 0.2) is 0 Å². The molecular weight excluding hydrogens is 192 g/mol. The number of nitrogens with one attached hydrogen (secondary N) is 1. The van der Waals surface area contributed by atoms with E-state index in [1.807, 2.05) is 13.8 Å². The molecule has 84 valence electrons. The second kappa shape index (κ2) is 3.30. The van der Waals surface area contributed by atoms with Gasteiger partial charge in [-0.15, -0.1) is 0 Å². The van der Waals surface area contributed by atoms with Gasteiger partial charge >= 0.3 is 0 Å². The molecule has 1 amide bonds. The maximum absolute atomic E-state index is 11.6. The molecule has 0 atom stereocenters. The molecule has 2 aliphatic rings. The van der Waals surface area contributed by atoms with Gasteiger partial charge in [0.2, 0.25) is 0 Å². The summed E-state index contributed by atoms with van der Waals surface area (Å²) in [5, 5.41) is 2.86. The molecule has 1 aliphatic heterocycles. The number of carbonyl (C=O) groups excluding carboxylic acids is 1. The highest BCUT2D eigenvalue weighted by molar-refractivity contribution is 6.11. The molecule has 0 aromatic rings. The van der Waals surface area contributed by atoms with Crippen molar-refractivity contribution in [3.63, 3.8) is 0 Å². The van der Waals surface area contributed by atoms with E-state index in [2.05, 4.69) is 10.3 Å². The maximum Gasteiger partial charge on any atom is 0.252 e. The van der Waals surface area contributed by atoms with Crippen molar-refractivity contribution in [2.24, 2.45) is 4.99 Å². The van der Waals surface area contributed by atoms with Gasteiger partial charge in [-0.2, -0.15) is 0 Å². The van der Waals surface area contributed by atoms with Crippen molar-refractivity contribution in [3.05, 3.63) is 0 Å². The van der Waals surface area contributed by atoms with Crippen LogP contribution in [0.4, 0.5) is 0 Å². The van der Waals surface area contributed by atoms with Crippen LogP contribution in [0, 0.1) is 0 Å². The van der Waals surface area contributed by atoms with E-state index in [9.17, 15) is 4.79 Å². The second-order valence-electron chi connectivity index (χ2n) is 4.88. The quantitative estimate of drug-likeness (QED) is 0.745. The van der Waals surface area contributed by atoms with Gasteiger partial charge in [-0.05, 0) is 39.5 Å². The largest absolute Gasteiger partial charge is 0.370 e. The smallest absolute Gasteiger partial charge is 0.252 e. The zero-order chi connectivity index (χ0) is 11.1. The Balaban J connectivity index is 2.28. The lowest BCUT2D eigenvalue weighted by Gasteiger charge is -2.26. The van der Waals surface area contributed by atoms with Gasteiger partial charge in [0.1, 0.15) is 17.0 Å². The molecule has 15 heavy (non-hydrogen) atoms. The Morgan fingerprint density at radius 1 is 1.33 bits per heavy atom. The molecule has 1 aliphatic carbocycles. The summed E-state index contributed by atoms with van der Waals surface area (Å²) in [6.07, 6.45) is 4.20. The molecule has 0 spiro atoms. The topological polar surface area (TPSA) is 50.7 Å². The number of amides is 1. The van der Waals surface area contributed by atoms with Crippen molar-refractivity contribution in [2.75, 3.05) is 7.11 Å². The predicted octanol–water partition coefficient (Wildman–Crippen LogP) is 1.25. The highest BCUT2D eigenvalue weighted by atomic mass is 16.5. The van der Waals surface area contributed by atoms with Gasteiger partial charge in [-0.25, -0.2) is 0 Å². The number of hydrogen-bond acceptors (Lipinski definition) is 3. The first-order chi connectivity index (χ1) is 7.00. The third kappa shape index (κ3) is 1.57. The average Bonchev–Trinajstić information content (AvgIpc) is 2.73. The maximum atomic E-state index is 11.6. The number of amidine groups is 1. The molecule has 0 saturated heterocycles. The van der Waals surface area contributed by atoms with Crippen molar-refractivity contribution in [2.45, 2.75) is 50.7 Å². The lowest BCUT2D eigenvalue weighted by atomic mass is 10.0. The zero-order valence-corrected chi connectivity index (χ0v) is 9.59. The summed E-state index contributed by atoms with van der Waals surface area (Å²) in [7, 11) is 1.70. The monoisotopic (exact) mass is 210 g/mol. The highest BCUT2D eigenvalue weighted by Crippen LogP contribution is 2.35. The Hall–Kier alpha value is -0.900. The van der Waals surface area contributed by atoms with Crippen molar-refractivity contribution < 1.29 is 9.53 Å². The third-order valence-electron chi connectivity index (χ3n) is 3.41. The normalized spacial score (nSPS) is 27.7. The minimum absolute atomic E-state index is 0.0270. The third-order valence-corrected chi connectivity index (χ3v) is 3.41. The van der Waals surface area contributed by atoms with Gasteiger partial charge in [-0.3, -0.25) is 9.79 Å². The van der Waals surface area contributed by atoms with Crippen LogP contribution in [0.25, 0.3) is 0 Å². The van der Waals surface area contributed by atoms with Gasteiger partial charge in [0.05, 0.1) is 0 Å². The number of methoxy groups -OCH3 is 1. The van der Waals surface area contributed by atoms with E-state index in [0.717, 1.165) is 31.5 Å². The number of hydrogen-bond donors (Lipinski definition) is 1. The molecular formula is C11H18N2O2. The fraction of sp³-hybridized carbons (Fsp3) is 0.818. The minimum Gasteiger partial charge on any atom is -0.370 e. The van der Waals surface area contributed by atoms with E-state index < -0.39 is 5.54 Å². The molecule has 2 rings (SSSR count). The standard InChI is InChI=1S/C11H18N2O2/c1-10(2)9(14)12-8(13-10)11(15-3)6-4-5-7-11/h4-7H2,1-3H3,(H,12,13,14). The van der Waals surface area contributed by atoms with Gasteiger partial charge in [0, 0.05) is 7.11 Å². The molecule has 1 heterocycles. The summed E-state index contributed by atoms with van der Waals surface area (Å²) in [4.78, 5) is 16.1. The van der Waals surface area contributed by atoms with Crippen LogP contribution >= 0.6 is 0 Å². The van der Waals surface area contributed by atoms with E-state index in [1.165, 1.54) is 0 Å². The minimum atomic E-state index is -0.635. The number of nitrogens with zero attached hydrogens (tertiary/aromatic N) is 1. The zero-order valence-electron chi connectivity index (χ0n) is 9.59. The van der Waals surface area contributed by atoms with Gasteiger partial charge < -0.3 is 10.1 Å². The van der Waals surface area contributed by atoms with Crippen LogP contribution < -0.4 is 5.32 Å². The summed E-state index contributed by atoms with van der Waals surface area (Å²) < 4.78 is 5.58. The van der Waals surface area contributed by atoms with Crippen LogP contribution in [0.5, 0.6) is 0 Å². The van der Waals surface area contributed by atoms with E-state index in [-0.39, 0.29) is 11.5 Å². The summed E-state index contributed by atoms with van der Waals surface area (Å²) >= 11 is 0. The first-order valence-electron chi connectivity index (χ1n) is 5.47. The van der Waals surface area contributed by atoms with Crippen molar-refractivity contribution in [1.82, 2.24) is 5.32 Å². The van der Waals surface area contributed by atoms with Crippen LogP contribution in [-0.4, -0.2) is 30.0 Å². The Bertz CT molecular complexity index is 315. The van der Waals surface area contributed by atoms with Crippen LogP contribution in [0.2, 0.25) is 0 Å². The summed E-state index contributed by atoms with van der Waals surface area (Å²) in [5.41, 5.74) is -0.965. The highest BCUT2D eigenvalue weighted by Gasteiger charge is 2.46. The van der Waals surface area contributed by atoms with E-state index in [4.69, 9.17) is 4.74 Å².